The Kier molecular flexibility index (Phi) is 5.65. The molecule has 8 nitrogen and oxygen atoms in total. The van der Waals surface area contributed by atoms with Crippen molar-refractivity contribution in [3.05, 3.63) is 47.4 Å². The molecule has 0 saturated heterocycles. The first kappa shape index (κ1) is 21.6. The van der Waals surface area contributed by atoms with Crippen LogP contribution in [0.5, 0.6) is 0 Å². The third-order valence-electron chi connectivity index (χ3n) is 5.45. The maximum Gasteiger partial charge on any atom is 0.354 e. The molecule has 0 fully saturated rings. The van der Waals surface area contributed by atoms with Gasteiger partial charge in [-0.25, -0.2) is 22.9 Å². The molecule has 0 bridgehead atoms. The Morgan fingerprint density at radius 1 is 1.29 bits per heavy atom. The number of halogens is 2. The van der Waals surface area contributed by atoms with Gasteiger partial charge in [0.1, 0.15) is 6.54 Å². The number of fused-ring (bicyclic) bond motifs is 2. The number of carbonyl (C=O) groups excluding carboxylic acids is 1. The number of aryl methyl sites for hydroxylation is 2. The predicted octanol–water partition coefficient (Wildman–Crippen LogP) is 3.40. The van der Waals surface area contributed by atoms with Crippen LogP contribution in [-0.2, 0) is 42.1 Å². The summed E-state index contributed by atoms with van der Waals surface area (Å²) in [5, 5.41) is 12.1. The molecule has 1 atom stereocenters. The fourth-order valence-electron chi connectivity index (χ4n) is 4.14. The topological polar surface area (TPSA) is 115 Å². The first-order valence-corrected chi connectivity index (χ1v) is 11.7. The van der Waals surface area contributed by atoms with Crippen molar-refractivity contribution < 1.29 is 17.8 Å². The molecule has 2 aliphatic carbocycles. The van der Waals surface area contributed by atoms with E-state index in [1.807, 2.05) is 0 Å². The molecule has 2 aliphatic rings. The van der Waals surface area contributed by atoms with Gasteiger partial charge in [0.15, 0.2) is 14.9 Å². The summed E-state index contributed by atoms with van der Waals surface area (Å²) in [6.45, 7) is 2.58. The SMILES string of the molecule is C=CCC(F)(F)Cn1ccc(S(N)(=O)=NC(=O)Nc2c3c(nc4c2CCC4)CCC3)n1. The Morgan fingerprint density at radius 3 is 2.55 bits per heavy atom. The molecule has 0 saturated carbocycles. The summed E-state index contributed by atoms with van der Waals surface area (Å²) >= 11 is 0. The maximum absolute atomic E-state index is 13.8. The zero-order valence-corrected chi connectivity index (χ0v) is 17.8. The summed E-state index contributed by atoms with van der Waals surface area (Å²) in [4.78, 5) is 17.3. The van der Waals surface area contributed by atoms with Gasteiger partial charge in [0.2, 0.25) is 0 Å². The van der Waals surface area contributed by atoms with E-state index in [-0.39, 0.29) is 5.03 Å². The highest BCUT2D eigenvalue weighted by atomic mass is 32.2. The summed E-state index contributed by atoms with van der Waals surface area (Å²) < 4.78 is 44.9. The molecule has 0 aromatic carbocycles. The van der Waals surface area contributed by atoms with Crippen molar-refractivity contribution in [2.45, 2.75) is 62.4 Å². The van der Waals surface area contributed by atoms with E-state index in [1.54, 1.807) is 0 Å². The van der Waals surface area contributed by atoms with Gasteiger partial charge in [-0.05, 0) is 55.7 Å². The molecule has 1 unspecified atom stereocenters. The van der Waals surface area contributed by atoms with Crippen LogP contribution in [0.15, 0.2) is 34.3 Å². The van der Waals surface area contributed by atoms with Crippen molar-refractivity contribution in [3.63, 3.8) is 0 Å². The monoisotopic (exact) mass is 450 g/mol. The van der Waals surface area contributed by atoms with Crippen LogP contribution < -0.4 is 10.5 Å². The van der Waals surface area contributed by atoms with E-state index in [1.165, 1.54) is 12.3 Å². The molecular formula is C20H24F2N6O2S. The van der Waals surface area contributed by atoms with Gasteiger partial charge in [-0.1, -0.05) is 6.08 Å². The number of hydrogen-bond donors (Lipinski definition) is 2. The Morgan fingerprint density at radius 2 is 1.94 bits per heavy atom. The van der Waals surface area contributed by atoms with E-state index >= 15 is 0 Å². The van der Waals surface area contributed by atoms with E-state index in [0.29, 0.717) is 5.69 Å². The van der Waals surface area contributed by atoms with Crippen LogP contribution in [0.3, 0.4) is 0 Å². The van der Waals surface area contributed by atoms with Crippen molar-refractivity contribution in [2.75, 3.05) is 5.32 Å². The molecule has 2 aromatic rings. The minimum absolute atomic E-state index is 0.234. The van der Waals surface area contributed by atoms with Crippen LogP contribution in [0.25, 0.3) is 0 Å². The van der Waals surface area contributed by atoms with Gasteiger partial charge >= 0.3 is 6.03 Å². The van der Waals surface area contributed by atoms with Gasteiger partial charge in [-0.3, -0.25) is 9.67 Å². The maximum atomic E-state index is 13.8. The molecule has 2 heterocycles. The lowest BCUT2D eigenvalue weighted by atomic mass is 10.1. The van der Waals surface area contributed by atoms with Crippen molar-refractivity contribution >= 4 is 21.6 Å². The van der Waals surface area contributed by atoms with Crippen molar-refractivity contribution in [3.8, 4) is 0 Å². The van der Waals surface area contributed by atoms with Crippen LogP contribution in [0.2, 0.25) is 0 Å². The largest absolute Gasteiger partial charge is 0.354 e. The molecule has 0 radical (unpaired) electrons. The number of hydrogen-bond acceptors (Lipinski definition) is 4. The zero-order chi connectivity index (χ0) is 22.2. The molecular weight excluding hydrogens is 426 g/mol. The number of carbonyl (C=O) groups is 1. The number of rotatable bonds is 6. The lowest BCUT2D eigenvalue weighted by molar-refractivity contribution is -0.0164. The highest BCUT2D eigenvalue weighted by Gasteiger charge is 2.29. The number of aromatic nitrogens is 3. The number of anilines is 1. The van der Waals surface area contributed by atoms with Crippen LogP contribution >= 0.6 is 0 Å². The number of urea groups is 1. The summed E-state index contributed by atoms with van der Waals surface area (Å²) in [7, 11) is -3.70. The normalized spacial score (nSPS) is 17.0. The molecule has 2 amide bonds. The summed E-state index contributed by atoms with van der Waals surface area (Å²) in [5.74, 6) is -3.06. The molecule has 0 spiro atoms. The molecule has 3 N–H and O–H groups in total. The van der Waals surface area contributed by atoms with Crippen LogP contribution in [0.4, 0.5) is 19.3 Å². The number of allylic oxidation sites excluding steroid dienone is 1. The molecule has 11 heteroatoms. The molecule has 166 valence electrons. The quantitative estimate of drug-likeness (QED) is 0.656. The summed E-state index contributed by atoms with van der Waals surface area (Å²) in [5.41, 5.74) is 4.68. The summed E-state index contributed by atoms with van der Waals surface area (Å²) in [6.07, 6.45) is 7.11. The standard InChI is InChI=1S/C20H24F2N6O2S/c1-2-10-20(21,22)12-28-11-9-17(26-28)31(23,30)27-19(29)25-18-13-5-3-7-15(13)24-16-8-4-6-14(16)18/h2,9,11H,1,3-8,10,12H2,(H3,23,24,25,27,29,30). The van der Waals surface area contributed by atoms with Crippen molar-refractivity contribution in [1.29, 1.82) is 0 Å². The van der Waals surface area contributed by atoms with Crippen LogP contribution in [0.1, 0.15) is 41.8 Å². The minimum atomic E-state index is -3.70. The fourth-order valence-corrected chi connectivity index (χ4v) is 5.00. The Hall–Kier alpha value is -2.66. The van der Waals surface area contributed by atoms with E-state index in [9.17, 15) is 17.8 Å². The predicted molar refractivity (Wildman–Crippen MR) is 112 cm³/mol. The number of alkyl halides is 2. The number of nitrogens with two attached hydrogens (primary N) is 1. The number of nitrogens with zero attached hydrogens (tertiary/aromatic N) is 4. The van der Waals surface area contributed by atoms with Gasteiger partial charge in [0.25, 0.3) is 5.92 Å². The average molecular weight is 451 g/mol. The van der Waals surface area contributed by atoms with Crippen LogP contribution in [0, 0.1) is 0 Å². The van der Waals surface area contributed by atoms with Crippen molar-refractivity contribution in [2.24, 2.45) is 9.50 Å². The lowest BCUT2D eigenvalue weighted by Gasteiger charge is -2.14. The second-order valence-corrected chi connectivity index (χ2v) is 9.57. The number of pyridine rings is 1. The highest BCUT2D eigenvalue weighted by molar-refractivity contribution is 7.91. The minimum Gasteiger partial charge on any atom is -0.305 e. The van der Waals surface area contributed by atoms with Gasteiger partial charge in [-0.2, -0.15) is 5.10 Å². The number of nitrogens with one attached hydrogen (secondary N) is 1. The van der Waals surface area contributed by atoms with Gasteiger partial charge < -0.3 is 5.32 Å². The van der Waals surface area contributed by atoms with Gasteiger partial charge in [0.05, 0.1) is 5.69 Å². The fraction of sp³-hybridized carbons (Fsp3) is 0.450. The van der Waals surface area contributed by atoms with Crippen LogP contribution in [-0.4, -0.2) is 30.9 Å². The van der Waals surface area contributed by atoms with Gasteiger partial charge in [-0.15, -0.1) is 10.9 Å². The molecule has 31 heavy (non-hydrogen) atoms. The smallest absolute Gasteiger partial charge is 0.305 e. The first-order chi connectivity index (χ1) is 14.7. The second kappa shape index (κ2) is 8.12. The lowest BCUT2D eigenvalue weighted by Crippen LogP contribution is -2.24. The molecule has 0 aliphatic heterocycles. The second-order valence-electron chi connectivity index (χ2n) is 7.83. The molecule has 2 aromatic heterocycles. The third-order valence-corrected chi connectivity index (χ3v) is 6.71. The third kappa shape index (κ3) is 4.52. The number of amides is 2. The Balaban J connectivity index is 1.57. The van der Waals surface area contributed by atoms with Gasteiger partial charge in [0, 0.05) is 24.0 Å². The summed E-state index contributed by atoms with van der Waals surface area (Å²) in [6, 6.07) is 0.374. The Labute approximate surface area is 179 Å². The van der Waals surface area contributed by atoms with Crippen molar-refractivity contribution in [1.82, 2.24) is 14.8 Å². The molecule has 4 rings (SSSR count). The van der Waals surface area contributed by atoms with E-state index in [0.717, 1.165) is 71.8 Å². The van der Waals surface area contributed by atoms with E-state index in [2.05, 4.69) is 21.4 Å². The van der Waals surface area contributed by atoms with E-state index < -0.39 is 34.8 Å². The highest BCUT2D eigenvalue weighted by Crippen LogP contribution is 2.36. The Bertz CT molecular complexity index is 1130. The zero-order valence-electron chi connectivity index (χ0n) is 16.9. The van der Waals surface area contributed by atoms with E-state index in [4.69, 9.17) is 10.1 Å². The first-order valence-electron chi connectivity index (χ1n) is 10.1. The average Bonchev–Trinajstić information content (AvgIpc) is 3.40.